The number of aryl methyl sites for hydroxylation is 1. The normalized spacial score (nSPS) is 19.2. The van der Waals surface area contributed by atoms with Gasteiger partial charge in [-0.2, -0.15) is 0 Å². The van der Waals surface area contributed by atoms with Crippen LogP contribution >= 0.6 is 0 Å². The van der Waals surface area contributed by atoms with Crippen LogP contribution in [-0.4, -0.2) is 36.4 Å². The number of imide groups is 1. The van der Waals surface area contributed by atoms with E-state index < -0.39 is 29.4 Å². The molecule has 2 atom stereocenters. The Morgan fingerprint density at radius 1 is 1.22 bits per heavy atom. The average Bonchev–Trinajstić information content (AvgIpc) is 3.29. The lowest BCUT2D eigenvalue weighted by Gasteiger charge is -2.22. The lowest BCUT2D eigenvalue weighted by atomic mass is 9.91. The van der Waals surface area contributed by atoms with E-state index in [1.165, 1.54) is 0 Å². The Morgan fingerprint density at radius 3 is 2.62 bits per heavy atom. The summed E-state index contributed by atoms with van der Waals surface area (Å²) in [5.74, 6) is 0.200. The second-order valence-electron chi connectivity index (χ2n) is 8.13. The van der Waals surface area contributed by atoms with Gasteiger partial charge in [-0.25, -0.2) is 4.79 Å². The lowest BCUT2D eigenvalue weighted by molar-refractivity contribution is -0.135. The van der Waals surface area contributed by atoms with Crippen LogP contribution in [0.3, 0.4) is 0 Å². The van der Waals surface area contributed by atoms with E-state index in [4.69, 9.17) is 9.15 Å². The molecule has 2 heterocycles. The number of para-hydroxylation sites is 1. The molecular weight excluding hydrogens is 410 g/mol. The minimum atomic E-state index is -1.22. The topological polar surface area (TPSA) is 101 Å². The Bertz CT molecular complexity index is 1200. The van der Waals surface area contributed by atoms with Crippen molar-refractivity contribution in [3.63, 3.8) is 0 Å². The van der Waals surface area contributed by atoms with Crippen molar-refractivity contribution >= 4 is 28.8 Å². The largest absolute Gasteiger partial charge is 0.493 e. The molecule has 4 rings (SSSR count). The van der Waals surface area contributed by atoms with Crippen molar-refractivity contribution in [2.75, 3.05) is 13.7 Å². The van der Waals surface area contributed by atoms with E-state index >= 15 is 0 Å². The minimum Gasteiger partial charge on any atom is -0.493 e. The summed E-state index contributed by atoms with van der Waals surface area (Å²) in [6, 6.07) is 13.6. The van der Waals surface area contributed by atoms with Gasteiger partial charge in [0.05, 0.1) is 13.2 Å². The molecule has 3 aromatic rings. The summed E-state index contributed by atoms with van der Waals surface area (Å²) in [6.45, 7) is 4.96. The first-order valence-electron chi connectivity index (χ1n) is 10.3. The zero-order valence-electron chi connectivity index (χ0n) is 18.4. The number of furan rings is 1. The Morgan fingerprint density at radius 2 is 1.94 bits per heavy atom. The van der Waals surface area contributed by atoms with Crippen LogP contribution in [0.2, 0.25) is 0 Å². The fourth-order valence-corrected chi connectivity index (χ4v) is 3.86. The summed E-state index contributed by atoms with van der Waals surface area (Å²) >= 11 is 0. The summed E-state index contributed by atoms with van der Waals surface area (Å²) in [6.07, 6.45) is 0. The molecule has 2 unspecified atom stereocenters. The minimum absolute atomic E-state index is 0.389. The quantitative estimate of drug-likeness (QED) is 0.578. The number of nitrogens with zero attached hydrogens (tertiary/aromatic N) is 1. The van der Waals surface area contributed by atoms with Crippen LogP contribution in [0.1, 0.15) is 36.8 Å². The van der Waals surface area contributed by atoms with Crippen LogP contribution in [0.5, 0.6) is 5.75 Å². The number of hydrogen-bond acceptors (Lipinski definition) is 5. The van der Waals surface area contributed by atoms with Gasteiger partial charge in [0, 0.05) is 5.39 Å². The third-order valence-electron chi connectivity index (χ3n) is 5.76. The molecular formula is C24H25N3O5. The van der Waals surface area contributed by atoms with E-state index in [1.54, 1.807) is 39.2 Å². The van der Waals surface area contributed by atoms with Crippen LogP contribution in [0.15, 0.2) is 52.9 Å². The Labute approximate surface area is 185 Å². The molecule has 4 amide bonds. The molecule has 0 bridgehead atoms. The summed E-state index contributed by atoms with van der Waals surface area (Å²) in [5, 5.41) is 6.35. The molecule has 1 aromatic heterocycles. The first-order chi connectivity index (χ1) is 15.2. The maximum atomic E-state index is 13.0. The standard InChI is InChI=1S/C24H25N3O5/c1-14-8-10-17(11-9-14)24(3)22(29)27(23(30)26-24)13-20(28)25-15(2)19-12-16-6-5-7-18(31-4)21(16)32-19/h5-12,15H,13H2,1-4H3,(H,25,28)(H,26,30). The van der Waals surface area contributed by atoms with Crippen molar-refractivity contribution in [2.24, 2.45) is 0 Å². The Balaban J connectivity index is 1.46. The fraction of sp³-hybridized carbons (Fsp3) is 0.292. The van der Waals surface area contributed by atoms with Gasteiger partial charge >= 0.3 is 6.03 Å². The highest BCUT2D eigenvalue weighted by atomic mass is 16.5. The Kier molecular flexibility index (Phi) is 5.38. The molecule has 1 saturated heterocycles. The van der Waals surface area contributed by atoms with Gasteiger partial charge in [-0.3, -0.25) is 14.5 Å². The first-order valence-corrected chi connectivity index (χ1v) is 10.3. The van der Waals surface area contributed by atoms with E-state index in [1.807, 2.05) is 37.3 Å². The molecule has 2 aromatic carbocycles. The van der Waals surface area contributed by atoms with Gasteiger partial charge in [0.2, 0.25) is 5.91 Å². The molecule has 1 aliphatic rings. The Hall–Kier alpha value is -3.81. The number of amides is 4. The fourth-order valence-electron chi connectivity index (χ4n) is 3.86. The number of benzene rings is 2. The highest BCUT2D eigenvalue weighted by Gasteiger charge is 2.49. The lowest BCUT2D eigenvalue weighted by Crippen LogP contribution is -2.43. The smallest absolute Gasteiger partial charge is 0.325 e. The summed E-state index contributed by atoms with van der Waals surface area (Å²) in [4.78, 5) is 39.1. The number of hydrogen-bond donors (Lipinski definition) is 2. The summed E-state index contributed by atoms with van der Waals surface area (Å²) in [7, 11) is 1.56. The predicted molar refractivity (Wildman–Crippen MR) is 118 cm³/mol. The van der Waals surface area contributed by atoms with E-state index in [-0.39, 0.29) is 6.54 Å². The van der Waals surface area contributed by atoms with Gasteiger partial charge in [-0.1, -0.05) is 42.0 Å². The number of carbonyl (C=O) groups excluding carboxylic acids is 3. The van der Waals surface area contributed by atoms with Gasteiger partial charge in [-0.15, -0.1) is 0 Å². The molecule has 8 heteroatoms. The number of nitrogens with one attached hydrogen (secondary N) is 2. The molecule has 166 valence electrons. The van der Waals surface area contributed by atoms with E-state index in [0.717, 1.165) is 15.8 Å². The van der Waals surface area contributed by atoms with Gasteiger partial charge < -0.3 is 19.8 Å². The molecule has 8 nitrogen and oxygen atoms in total. The first kappa shape index (κ1) is 21.4. The molecule has 0 radical (unpaired) electrons. The molecule has 0 saturated carbocycles. The number of carbonyl (C=O) groups is 3. The third-order valence-corrected chi connectivity index (χ3v) is 5.76. The average molecular weight is 435 g/mol. The summed E-state index contributed by atoms with van der Waals surface area (Å²) in [5.41, 5.74) is 1.08. The van der Waals surface area contributed by atoms with Crippen molar-refractivity contribution < 1.29 is 23.5 Å². The summed E-state index contributed by atoms with van der Waals surface area (Å²) < 4.78 is 11.2. The van der Waals surface area contributed by atoms with Crippen molar-refractivity contribution in [2.45, 2.75) is 32.4 Å². The van der Waals surface area contributed by atoms with Crippen molar-refractivity contribution in [3.05, 3.63) is 65.4 Å². The molecule has 32 heavy (non-hydrogen) atoms. The van der Waals surface area contributed by atoms with Crippen LogP contribution < -0.4 is 15.4 Å². The van der Waals surface area contributed by atoms with Crippen molar-refractivity contribution in [1.82, 2.24) is 15.5 Å². The maximum Gasteiger partial charge on any atom is 0.325 e. The van der Waals surface area contributed by atoms with Crippen LogP contribution in [0.4, 0.5) is 4.79 Å². The number of fused-ring (bicyclic) bond motifs is 1. The highest BCUT2D eigenvalue weighted by molar-refractivity contribution is 6.09. The van der Waals surface area contributed by atoms with E-state index in [9.17, 15) is 14.4 Å². The van der Waals surface area contributed by atoms with Crippen LogP contribution in [-0.2, 0) is 15.1 Å². The second-order valence-corrected chi connectivity index (χ2v) is 8.13. The molecule has 2 N–H and O–H groups in total. The molecule has 1 aliphatic heterocycles. The molecule has 0 spiro atoms. The van der Waals surface area contributed by atoms with Gasteiger partial charge in [-0.05, 0) is 38.5 Å². The predicted octanol–water partition coefficient (Wildman–Crippen LogP) is 3.39. The van der Waals surface area contributed by atoms with Crippen LogP contribution in [0.25, 0.3) is 11.0 Å². The van der Waals surface area contributed by atoms with Gasteiger partial charge in [0.15, 0.2) is 11.3 Å². The molecule has 0 aliphatic carbocycles. The van der Waals surface area contributed by atoms with E-state index in [2.05, 4.69) is 10.6 Å². The van der Waals surface area contributed by atoms with Gasteiger partial charge in [0.25, 0.3) is 5.91 Å². The molecule has 1 fully saturated rings. The zero-order chi connectivity index (χ0) is 23.0. The van der Waals surface area contributed by atoms with Crippen molar-refractivity contribution in [3.8, 4) is 5.75 Å². The number of rotatable bonds is 6. The monoisotopic (exact) mass is 435 g/mol. The number of methoxy groups -OCH3 is 1. The van der Waals surface area contributed by atoms with Crippen molar-refractivity contribution in [1.29, 1.82) is 0 Å². The number of urea groups is 1. The third kappa shape index (κ3) is 3.68. The second kappa shape index (κ2) is 8.03. The zero-order valence-corrected chi connectivity index (χ0v) is 18.4. The highest BCUT2D eigenvalue weighted by Crippen LogP contribution is 2.31. The number of ether oxygens (including phenoxy) is 1. The van der Waals surface area contributed by atoms with Crippen LogP contribution in [0, 0.1) is 6.92 Å². The SMILES string of the molecule is COc1cccc2cc(C(C)NC(=O)CN3C(=O)NC(C)(c4ccc(C)cc4)C3=O)oc12. The van der Waals surface area contributed by atoms with Gasteiger partial charge in [0.1, 0.15) is 17.8 Å². The maximum absolute atomic E-state index is 13.0. The van der Waals surface area contributed by atoms with E-state index in [0.29, 0.717) is 22.7 Å².